The van der Waals surface area contributed by atoms with Crippen LogP contribution in [0.3, 0.4) is 0 Å². The Bertz CT molecular complexity index is 707. The van der Waals surface area contributed by atoms with Crippen LogP contribution in [0.25, 0.3) is 0 Å². The predicted octanol–water partition coefficient (Wildman–Crippen LogP) is 0.997. The van der Waals surface area contributed by atoms with E-state index in [1.54, 1.807) is 6.92 Å². The lowest BCUT2D eigenvalue weighted by atomic mass is 10.1. The molecule has 0 bridgehead atoms. The van der Waals surface area contributed by atoms with Crippen molar-refractivity contribution in [2.45, 2.75) is 32.0 Å². The van der Waals surface area contributed by atoms with Crippen molar-refractivity contribution in [2.24, 2.45) is 0 Å². The van der Waals surface area contributed by atoms with E-state index in [0.717, 1.165) is 11.1 Å². The second-order valence-electron chi connectivity index (χ2n) is 4.54. The summed E-state index contributed by atoms with van der Waals surface area (Å²) in [6, 6.07) is 7.53. The predicted molar refractivity (Wildman–Crippen MR) is 74.5 cm³/mol. The number of aromatic amines is 1. The highest BCUT2D eigenvalue weighted by Gasteiger charge is 2.23. The Morgan fingerprint density at radius 2 is 2.00 bits per heavy atom. The first-order valence-corrected chi connectivity index (χ1v) is 7.63. The van der Waals surface area contributed by atoms with Crippen molar-refractivity contribution in [3.8, 4) is 0 Å². The standard InChI is InChI=1S/C13H17N3O3S/c1-9-5-3-4-6-11(9)7-14-20(18,19)13-12(8-17)10(2)15-16-13/h3-6,14,17H,7-8H2,1-2H3,(H,15,16). The number of nitrogens with zero attached hydrogens (tertiary/aromatic N) is 1. The van der Waals surface area contributed by atoms with Crippen LogP contribution in [0.2, 0.25) is 0 Å². The summed E-state index contributed by atoms with van der Waals surface area (Å²) >= 11 is 0. The third kappa shape index (κ3) is 2.90. The van der Waals surface area contributed by atoms with E-state index in [1.165, 1.54) is 0 Å². The summed E-state index contributed by atoms with van der Waals surface area (Å²) in [6.07, 6.45) is 0. The quantitative estimate of drug-likeness (QED) is 0.767. The molecule has 0 radical (unpaired) electrons. The molecule has 0 atom stereocenters. The van der Waals surface area contributed by atoms with E-state index in [-0.39, 0.29) is 18.2 Å². The van der Waals surface area contributed by atoms with E-state index < -0.39 is 10.0 Å². The Morgan fingerprint density at radius 1 is 1.30 bits per heavy atom. The molecule has 1 aromatic heterocycles. The zero-order valence-corrected chi connectivity index (χ0v) is 12.2. The Kier molecular flexibility index (Phi) is 4.22. The lowest BCUT2D eigenvalue weighted by molar-refractivity contribution is 0.277. The van der Waals surface area contributed by atoms with Gasteiger partial charge >= 0.3 is 0 Å². The number of rotatable bonds is 5. The molecule has 108 valence electrons. The highest BCUT2D eigenvalue weighted by atomic mass is 32.2. The molecule has 0 amide bonds. The van der Waals surface area contributed by atoms with Crippen molar-refractivity contribution in [3.63, 3.8) is 0 Å². The maximum absolute atomic E-state index is 12.2. The smallest absolute Gasteiger partial charge is 0.260 e. The molecular formula is C13H17N3O3S. The van der Waals surface area contributed by atoms with Gasteiger partial charge in [-0.3, -0.25) is 5.10 Å². The van der Waals surface area contributed by atoms with Crippen LogP contribution in [-0.4, -0.2) is 23.7 Å². The minimum absolute atomic E-state index is 0.147. The van der Waals surface area contributed by atoms with Gasteiger partial charge < -0.3 is 5.11 Å². The highest BCUT2D eigenvalue weighted by molar-refractivity contribution is 7.89. The minimum Gasteiger partial charge on any atom is -0.392 e. The molecule has 1 heterocycles. The van der Waals surface area contributed by atoms with Crippen molar-refractivity contribution < 1.29 is 13.5 Å². The number of hydrogen-bond acceptors (Lipinski definition) is 4. The summed E-state index contributed by atoms with van der Waals surface area (Å²) in [7, 11) is -3.75. The Morgan fingerprint density at radius 3 is 2.65 bits per heavy atom. The largest absolute Gasteiger partial charge is 0.392 e. The van der Waals surface area contributed by atoms with E-state index in [4.69, 9.17) is 0 Å². The molecule has 0 unspecified atom stereocenters. The Labute approximate surface area is 117 Å². The lowest BCUT2D eigenvalue weighted by Gasteiger charge is -2.08. The van der Waals surface area contributed by atoms with Gasteiger partial charge in [0.15, 0.2) is 5.03 Å². The number of nitrogens with one attached hydrogen (secondary N) is 2. The van der Waals surface area contributed by atoms with E-state index in [2.05, 4.69) is 14.9 Å². The van der Waals surface area contributed by atoms with E-state index >= 15 is 0 Å². The van der Waals surface area contributed by atoms with Crippen LogP contribution in [0.1, 0.15) is 22.4 Å². The van der Waals surface area contributed by atoms with Crippen LogP contribution in [0, 0.1) is 13.8 Å². The number of benzene rings is 1. The maximum atomic E-state index is 12.2. The zero-order chi connectivity index (χ0) is 14.8. The fraction of sp³-hybridized carbons (Fsp3) is 0.308. The molecule has 7 heteroatoms. The van der Waals surface area contributed by atoms with Gasteiger partial charge in [-0.15, -0.1) is 0 Å². The first-order chi connectivity index (χ1) is 9.45. The highest BCUT2D eigenvalue weighted by Crippen LogP contribution is 2.16. The lowest BCUT2D eigenvalue weighted by Crippen LogP contribution is -2.25. The van der Waals surface area contributed by atoms with Crippen molar-refractivity contribution >= 4 is 10.0 Å². The Hall–Kier alpha value is -1.70. The summed E-state index contributed by atoms with van der Waals surface area (Å²) in [5.74, 6) is 0. The summed E-state index contributed by atoms with van der Waals surface area (Å²) < 4.78 is 26.9. The van der Waals surface area contributed by atoms with Crippen LogP contribution in [0.15, 0.2) is 29.3 Å². The van der Waals surface area contributed by atoms with Crippen LogP contribution in [0.5, 0.6) is 0 Å². The first-order valence-electron chi connectivity index (χ1n) is 6.14. The summed E-state index contributed by atoms with van der Waals surface area (Å²) in [6.45, 7) is 3.40. The number of H-pyrrole nitrogens is 1. The Balaban J connectivity index is 2.22. The molecule has 1 aromatic carbocycles. The third-order valence-corrected chi connectivity index (χ3v) is 4.53. The van der Waals surface area contributed by atoms with Gasteiger partial charge in [-0.05, 0) is 25.0 Å². The number of sulfonamides is 1. The maximum Gasteiger partial charge on any atom is 0.260 e. The van der Waals surface area contributed by atoms with Crippen LogP contribution < -0.4 is 4.72 Å². The van der Waals surface area contributed by atoms with Gasteiger partial charge in [0.1, 0.15) is 0 Å². The van der Waals surface area contributed by atoms with Crippen LogP contribution in [-0.2, 0) is 23.2 Å². The van der Waals surface area contributed by atoms with E-state index in [1.807, 2.05) is 31.2 Å². The molecule has 0 saturated carbocycles. The van der Waals surface area contributed by atoms with Crippen molar-refractivity contribution in [2.75, 3.05) is 0 Å². The summed E-state index contributed by atoms with van der Waals surface area (Å²) in [5.41, 5.74) is 2.75. The average Bonchev–Trinajstić information content (AvgIpc) is 2.79. The average molecular weight is 295 g/mol. The zero-order valence-electron chi connectivity index (χ0n) is 11.3. The number of aliphatic hydroxyl groups is 1. The van der Waals surface area contributed by atoms with Gasteiger partial charge in [0.25, 0.3) is 10.0 Å². The molecule has 0 spiro atoms. The monoisotopic (exact) mass is 295 g/mol. The van der Waals surface area contributed by atoms with Crippen molar-refractivity contribution in [3.05, 3.63) is 46.6 Å². The fourth-order valence-electron chi connectivity index (χ4n) is 1.89. The molecule has 0 fully saturated rings. The molecule has 3 N–H and O–H groups in total. The number of aromatic nitrogens is 2. The SMILES string of the molecule is Cc1ccccc1CNS(=O)(=O)c1n[nH]c(C)c1CO. The molecule has 20 heavy (non-hydrogen) atoms. The fourth-order valence-corrected chi connectivity index (χ4v) is 3.08. The normalized spacial score (nSPS) is 11.8. The number of hydrogen-bond donors (Lipinski definition) is 3. The third-order valence-electron chi connectivity index (χ3n) is 3.16. The van der Waals surface area contributed by atoms with Gasteiger partial charge in [0.05, 0.1) is 6.61 Å². The summed E-state index contributed by atoms with van der Waals surface area (Å²) in [4.78, 5) is 0. The van der Waals surface area contributed by atoms with Gasteiger partial charge in [0, 0.05) is 17.8 Å². The molecule has 2 rings (SSSR count). The number of aliphatic hydroxyl groups excluding tert-OH is 1. The second-order valence-corrected chi connectivity index (χ2v) is 6.22. The molecule has 6 nitrogen and oxygen atoms in total. The molecule has 0 saturated heterocycles. The second kappa shape index (κ2) is 5.74. The van der Waals surface area contributed by atoms with E-state index in [0.29, 0.717) is 11.3 Å². The van der Waals surface area contributed by atoms with Crippen molar-refractivity contribution in [1.29, 1.82) is 0 Å². The van der Waals surface area contributed by atoms with Crippen LogP contribution >= 0.6 is 0 Å². The van der Waals surface area contributed by atoms with Gasteiger partial charge in [-0.25, -0.2) is 13.1 Å². The topological polar surface area (TPSA) is 95.1 Å². The van der Waals surface area contributed by atoms with Crippen LogP contribution in [0.4, 0.5) is 0 Å². The van der Waals surface area contributed by atoms with Gasteiger partial charge in [0.2, 0.25) is 0 Å². The van der Waals surface area contributed by atoms with Gasteiger partial charge in [-0.2, -0.15) is 5.10 Å². The van der Waals surface area contributed by atoms with E-state index in [9.17, 15) is 13.5 Å². The van der Waals surface area contributed by atoms with Gasteiger partial charge in [-0.1, -0.05) is 24.3 Å². The first kappa shape index (κ1) is 14.7. The van der Waals surface area contributed by atoms with Crippen molar-refractivity contribution in [1.82, 2.24) is 14.9 Å². The molecule has 0 aliphatic heterocycles. The molecule has 2 aromatic rings. The molecular weight excluding hydrogens is 278 g/mol. The molecule has 0 aliphatic rings. The minimum atomic E-state index is -3.75. The number of aryl methyl sites for hydroxylation is 2. The molecule has 0 aliphatic carbocycles. The summed E-state index contributed by atoms with van der Waals surface area (Å²) in [5, 5.41) is 15.4.